The molecular formula is C15H13Br2N3O3S. The lowest BCUT2D eigenvalue weighted by Gasteiger charge is -2.10. The molecule has 1 aromatic heterocycles. The van der Waals surface area contributed by atoms with E-state index in [4.69, 9.17) is 5.73 Å². The number of para-hydroxylation sites is 1. The predicted molar refractivity (Wildman–Crippen MR) is 100 cm³/mol. The average molecular weight is 475 g/mol. The summed E-state index contributed by atoms with van der Waals surface area (Å²) < 4.78 is 1.60. The maximum absolute atomic E-state index is 12.3. The summed E-state index contributed by atoms with van der Waals surface area (Å²) in [5.41, 5.74) is 5.74. The van der Waals surface area contributed by atoms with Crippen LogP contribution in [0, 0.1) is 0 Å². The number of benzene rings is 1. The van der Waals surface area contributed by atoms with E-state index in [1.165, 1.54) is 11.3 Å². The van der Waals surface area contributed by atoms with E-state index in [0.29, 0.717) is 16.1 Å². The number of anilines is 1. The molecule has 24 heavy (non-hydrogen) atoms. The van der Waals surface area contributed by atoms with E-state index < -0.39 is 5.91 Å². The van der Waals surface area contributed by atoms with Crippen LogP contribution in [0.5, 0.6) is 0 Å². The van der Waals surface area contributed by atoms with E-state index in [1.807, 2.05) is 0 Å². The zero-order valence-corrected chi connectivity index (χ0v) is 16.3. The van der Waals surface area contributed by atoms with Crippen molar-refractivity contribution in [1.29, 1.82) is 0 Å². The van der Waals surface area contributed by atoms with Crippen molar-refractivity contribution in [2.75, 3.05) is 11.9 Å². The van der Waals surface area contributed by atoms with Gasteiger partial charge in [0, 0.05) is 17.4 Å². The smallest absolute Gasteiger partial charge is 0.265 e. The first-order valence-electron chi connectivity index (χ1n) is 6.80. The molecule has 0 unspecified atom stereocenters. The number of amides is 3. The molecular weight excluding hydrogens is 462 g/mol. The monoisotopic (exact) mass is 473 g/mol. The normalized spacial score (nSPS) is 10.2. The van der Waals surface area contributed by atoms with Crippen molar-refractivity contribution in [2.45, 2.75) is 6.42 Å². The molecule has 126 valence electrons. The lowest BCUT2D eigenvalue weighted by Crippen LogP contribution is -2.28. The van der Waals surface area contributed by atoms with E-state index in [-0.39, 0.29) is 24.8 Å². The van der Waals surface area contributed by atoms with Crippen LogP contribution in [0.4, 0.5) is 5.69 Å². The maximum atomic E-state index is 12.3. The topological polar surface area (TPSA) is 101 Å². The molecule has 0 saturated heterocycles. The van der Waals surface area contributed by atoms with Crippen LogP contribution in [-0.4, -0.2) is 24.3 Å². The predicted octanol–water partition coefficient (Wildman–Crippen LogP) is 3.13. The number of carbonyl (C=O) groups is 3. The number of nitrogens with two attached hydrogens (primary N) is 1. The molecule has 2 rings (SSSR count). The fourth-order valence-electron chi connectivity index (χ4n) is 1.83. The minimum atomic E-state index is -0.495. The van der Waals surface area contributed by atoms with E-state index in [1.54, 1.807) is 30.3 Å². The minimum absolute atomic E-state index is 0.0531. The van der Waals surface area contributed by atoms with Gasteiger partial charge < -0.3 is 16.4 Å². The van der Waals surface area contributed by atoms with E-state index in [9.17, 15) is 14.4 Å². The van der Waals surface area contributed by atoms with E-state index in [2.05, 4.69) is 42.5 Å². The Hall–Kier alpha value is -1.71. The summed E-state index contributed by atoms with van der Waals surface area (Å²) in [6.45, 7) is 0.140. The molecule has 3 amide bonds. The number of nitrogens with one attached hydrogen (secondary N) is 2. The Morgan fingerprint density at radius 1 is 1.12 bits per heavy atom. The Labute approximate surface area is 159 Å². The molecule has 0 atom stereocenters. The van der Waals surface area contributed by atoms with Gasteiger partial charge in [-0.15, -0.1) is 11.3 Å². The molecule has 9 heteroatoms. The zero-order valence-electron chi connectivity index (χ0n) is 12.3. The van der Waals surface area contributed by atoms with E-state index in [0.717, 1.165) is 8.26 Å². The van der Waals surface area contributed by atoms with Crippen molar-refractivity contribution < 1.29 is 14.4 Å². The van der Waals surface area contributed by atoms with Crippen molar-refractivity contribution in [3.05, 3.63) is 49.0 Å². The standard InChI is InChI=1S/C15H13Br2N3O3S/c16-9-7-11(24-13(9)17)15(23)20-10-4-2-1-3-8(10)14(22)19-6-5-12(18)21/h1-4,7H,5-6H2,(H2,18,21)(H,19,22)(H,20,23). The number of rotatable bonds is 6. The van der Waals surface area contributed by atoms with Crippen LogP contribution < -0.4 is 16.4 Å². The lowest BCUT2D eigenvalue weighted by molar-refractivity contribution is -0.117. The van der Waals surface area contributed by atoms with Crippen LogP contribution in [-0.2, 0) is 4.79 Å². The van der Waals surface area contributed by atoms with Gasteiger partial charge in [-0.25, -0.2) is 0 Å². The van der Waals surface area contributed by atoms with Crippen LogP contribution >= 0.6 is 43.2 Å². The molecule has 6 nitrogen and oxygen atoms in total. The van der Waals surface area contributed by atoms with Crippen LogP contribution in [0.15, 0.2) is 38.6 Å². The van der Waals surface area contributed by atoms with Crippen molar-refractivity contribution >= 4 is 66.6 Å². The van der Waals surface area contributed by atoms with Gasteiger partial charge in [-0.05, 0) is 50.1 Å². The Kier molecular flexibility index (Phi) is 6.52. The summed E-state index contributed by atoms with van der Waals surface area (Å²) >= 11 is 7.95. The lowest BCUT2D eigenvalue weighted by atomic mass is 10.1. The highest BCUT2D eigenvalue weighted by Gasteiger charge is 2.16. The van der Waals surface area contributed by atoms with Gasteiger partial charge in [0.1, 0.15) is 0 Å². The van der Waals surface area contributed by atoms with Gasteiger partial charge in [-0.3, -0.25) is 14.4 Å². The third kappa shape index (κ3) is 4.89. The maximum Gasteiger partial charge on any atom is 0.265 e. The minimum Gasteiger partial charge on any atom is -0.370 e. The van der Waals surface area contributed by atoms with Gasteiger partial charge in [0.2, 0.25) is 5.91 Å². The summed E-state index contributed by atoms with van der Waals surface area (Å²) in [4.78, 5) is 35.7. The molecule has 1 heterocycles. The fourth-order valence-corrected chi connectivity index (χ4v) is 3.76. The molecule has 0 aliphatic carbocycles. The summed E-state index contributed by atoms with van der Waals surface area (Å²) in [6.07, 6.45) is 0.0531. The third-order valence-electron chi connectivity index (χ3n) is 2.95. The number of hydrogen-bond donors (Lipinski definition) is 3. The highest BCUT2D eigenvalue weighted by molar-refractivity contribution is 9.13. The molecule has 1 aromatic carbocycles. The molecule has 0 aliphatic heterocycles. The van der Waals surface area contributed by atoms with Gasteiger partial charge >= 0.3 is 0 Å². The quantitative estimate of drug-likeness (QED) is 0.599. The number of primary amides is 1. The Morgan fingerprint density at radius 3 is 2.46 bits per heavy atom. The first-order valence-corrected chi connectivity index (χ1v) is 9.20. The first-order chi connectivity index (χ1) is 11.4. The Balaban J connectivity index is 2.12. The van der Waals surface area contributed by atoms with Crippen LogP contribution in [0.25, 0.3) is 0 Å². The summed E-state index contributed by atoms with van der Waals surface area (Å²) in [5, 5.41) is 5.32. The summed E-state index contributed by atoms with van der Waals surface area (Å²) in [5.74, 6) is -1.20. The van der Waals surface area contributed by atoms with Crippen molar-refractivity contribution in [1.82, 2.24) is 5.32 Å². The van der Waals surface area contributed by atoms with Crippen molar-refractivity contribution in [3.8, 4) is 0 Å². The van der Waals surface area contributed by atoms with Crippen molar-refractivity contribution in [3.63, 3.8) is 0 Å². The highest BCUT2D eigenvalue weighted by atomic mass is 79.9. The van der Waals surface area contributed by atoms with Gasteiger partial charge in [0.25, 0.3) is 11.8 Å². The molecule has 0 saturated carbocycles. The molecule has 0 fully saturated rings. The molecule has 0 radical (unpaired) electrons. The highest BCUT2D eigenvalue weighted by Crippen LogP contribution is 2.32. The Morgan fingerprint density at radius 2 is 1.83 bits per heavy atom. The Bertz CT molecular complexity index is 773. The number of hydrogen-bond acceptors (Lipinski definition) is 4. The third-order valence-corrected chi connectivity index (χ3v) is 6.20. The number of halogens is 2. The van der Waals surface area contributed by atoms with Gasteiger partial charge in [0.15, 0.2) is 0 Å². The second-order valence-electron chi connectivity index (χ2n) is 4.70. The molecule has 4 N–H and O–H groups in total. The van der Waals surface area contributed by atoms with Crippen LogP contribution in [0.1, 0.15) is 26.5 Å². The second kappa shape index (κ2) is 8.41. The van der Waals surface area contributed by atoms with Crippen LogP contribution in [0.2, 0.25) is 0 Å². The van der Waals surface area contributed by atoms with E-state index >= 15 is 0 Å². The second-order valence-corrected chi connectivity index (χ2v) is 7.93. The summed E-state index contributed by atoms with van der Waals surface area (Å²) in [7, 11) is 0. The summed E-state index contributed by atoms with van der Waals surface area (Å²) in [6, 6.07) is 8.33. The fraction of sp³-hybridized carbons (Fsp3) is 0.133. The number of carbonyl (C=O) groups excluding carboxylic acids is 3. The largest absolute Gasteiger partial charge is 0.370 e. The molecule has 0 spiro atoms. The van der Waals surface area contributed by atoms with Gasteiger partial charge in [-0.1, -0.05) is 12.1 Å². The first kappa shape index (κ1) is 18.6. The van der Waals surface area contributed by atoms with Gasteiger partial charge in [0.05, 0.1) is 19.9 Å². The molecule has 0 bridgehead atoms. The zero-order chi connectivity index (χ0) is 17.7. The molecule has 2 aromatic rings. The van der Waals surface area contributed by atoms with Crippen molar-refractivity contribution in [2.24, 2.45) is 5.73 Å². The van der Waals surface area contributed by atoms with Gasteiger partial charge in [-0.2, -0.15) is 0 Å². The SMILES string of the molecule is NC(=O)CCNC(=O)c1ccccc1NC(=O)c1cc(Br)c(Br)s1. The average Bonchev–Trinajstić information content (AvgIpc) is 2.87. The van der Waals surface area contributed by atoms with Crippen LogP contribution in [0.3, 0.4) is 0 Å². The number of thiophene rings is 1. The molecule has 0 aliphatic rings.